The normalized spacial score (nSPS) is 21.0. The molecular weight excluding hydrogens is 172 g/mol. The Morgan fingerprint density at radius 2 is 1.50 bits per heavy atom. The molecule has 0 unspecified atom stereocenters. The average molecular weight is 198 g/mol. The van der Waals surface area contributed by atoms with Crippen LogP contribution in [-0.2, 0) is 0 Å². The molecule has 0 amide bonds. The van der Waals surface area contributed by atoms with Crippen LogP contribution in [0, 0.1) is 5.92 Å². The van der Waals surface area contributed by atoms with E-state index in [1.54, 1.807) is 0 Å². The second-order valence-electron chi connectivity index (χ2n) is 5.15. The van der Waals surface area contributed by atoms with Crippen molar-refractivity contribution in [2.24, 2.45) is 5.92 Å². The molecule has 0 N–H and O–H groups in total. The summed E-state index contributed by atoms with van der Waals surface area (Å²) in [5, 5.41) is 0. The van der Waals surface area contributed by atoms with Gasteiger partial charge >= 0.3 is 0 Å². The van der Waals surface area contributed by atoms with Crippen LogP contribution in [0.5, 0.6) is 0 Å². The molecular formula is C12H26N2. The second-order valence-corrected chi connectivity index (χ2v) is 5.15. The Bertz CT molecular complexity index is 146. The van der Waals surface area contributed by atoms with Gasteiger partial charge in [0.05, 0.1) is 0 Å². The minimum atomic E-state index is 0.724. The number of hydrogen-bond acceptors (Lipinski definition) is 2. The smallest absolute Gasteiger partial charge is 0.0113 e. The third-order valence-corrected chi connectivity index (χ3v) is 3.16. The fourth-order valence-electron chi connectivity index (χ4n) is 1.94. The first-order valence-electron chi connectivity index (χ1n) is 6.06. The van der Waals surface area contributed by atoms with Crippen LogP contribution in [0.4, 0.5) is 0 Å². The standard InChI is InChI=1S/C12H26N2/c1-11(2)5-6-13-7-9-14(10-8-13)12(3)4/h11-12H,5-10H2,1-4H3. The summed E-state index contributed by atoms with van der Waals surface area (Å²) in [4.78, 5) is 5.19. The summed E-state index contributed by atoms with van der Waals surface area (Å²) in [7, 11) is 0. The Hall–Kier alpha value is -0.0800. The van der Waals surface area contributed by atoms with Crippen LogP contribution in [0.2, 0.25) is 0 Å². The van der Waals surface area contributed by atoms with Gasteiger partial charge in [0.1, 0.15) is 0 Å². The van der Waals surface area contributed by atoms with Crippen molar-refractivity contribution in [2.75, 3.05) is 32.7 Å². The van der Waals surface area contributed by atoms with Crippen LogP contribution in [-0.4, -0.2) is 48.6 Å². The van der Waals surface area contributed by atoms with E-state index in [1.165, 1.54) is 39.1 Å². The second kappa shape index (κ2) is 5.72. The molecule has 0 bridgehead atoms. The SMILES string of the molecule is CC(C)CCN1CCN(C(C)C)CC1. The summed E-state index contributed by atoms with van der Waals surface area (Å²) in [5.41, 5.74) is 0. The Morgan fingerprint density at radius 3 is 1.93 bits per heavy atom. The molecule has 0 aromatic carbocycles. The number of nitrogens with zero attached hydrogens (tertiary/aromatic N) is 2. The highest BCUT2D eigenvalue weighted by molar-refractivity contribution is 4.74. The predicted molar refractivity (Wildman–Crippen MR) is 62.6 cm³/mol. The highest BCUT2D eigenvalue weighted by atomic mass is 15.3. The van der Waals surface area contributed by atoms with Gasteiger partial charge in [0.15, 0.2) is 0 Å². The average Bonchev–Trinajstić information content (AvgIpc) is 2.15. The van der Waals surface area contributed by atoms with Crippen LogP contribution in [0.1, 0.15) is 34.1 Å². The number of piperazine rings is 1. The van der Waals surface area contributed by atoms with Crippen LogP contribution >= 0.6 is 0 Å². The predicted octanol–water partition coefficient (Wildman–Crippen LogP) is 2.06. The summed E-state index contributed by atoms with van der Waals surface area (Å²) in [5.74, 6) is 0.845. The summed E-state index contributed by atoms with van der Waals surface area (Å²) < 4.78 is 0. The largest absolute Gasteiger partial charge is 0.301 e. The lowest BCUT2D eigenvalue weighted by Crippen LogP contribution is -2.49. The topological polar surface area (TPSA) is 6.48 Å². The molecule has 0 spiro atoms. The van der Waals surface area contributed by atoms with Crippen molar-refractivity contribution < 1.29 is 0 Å². The van der Waals surface area contributed by atoms with E-state index in [9.17, 15) is 0 Å². The van der Waals surface area contributed by atoms with Crippen LogP contribution < -0.4 is 0 Å². The van der Waals surface area contributed by atoms with Gasteiger partial charge in [0.2, 0.25) is 0 Å². The number of rotatable bonds is 4. The van der Waals surface area contributed by atoms with Gasteiger partial charge in [-0.2, -0.15) is 0 Å². The van der Waals surface area contributed by atoms with Gasteiger partial charge in [-0.25, -0.2) is 0 Å². The van der Waals surface area contributed by atoms with E-state index in [0.29, 0.717) is 0 Å². The Kier molecular flexibility index (Phi) is 4.90. The summed E-state index contributed by atoms with van der Waals surface area (Å²) in [6.45, 7) is 15.6. The van der Waals surface area contributed by atoms with Crippen molar-refractivity contribution in [2.45, 2.75) is 40.2 Å². The van der Waals surface area contributed by atoms with E-state index in [0.717, 1.165) is 12.0 Å². The maximum atomic E-state index is 2.61. The van der Waals surface area contributed by atoms with Gasteiger partial charge in [0.25, 0.3) is 0 Å². The highest BCUT2D eigenvalue weighted by Gasteiger charge is 2.18. The fourth-order valence-corrected chi connectivity index (χ4v) is 1.94. The van der Waals surface area contributed by atoms with Crippen molar-refractivity contribution in [3.8, 4) is 0 Å². The molecule has 0 atom stereocenters. The van der Waals surface area contributed by atoms with Crippen LogP contribution in [0.25, 0.3) is 0 Å². The highest BCUT2D eigenvalue weighted by Crippen LogP contribution is 2.08. The lowest BCUT2D eigenvalue weighted by atomic mass is 10.1. The molecule has 0 aliphatic carbocycles. The first-order valence-corrected chi connectivity index (χ1v) is 6.06. The molecule has 0 radical (unpaired) electrons. The molecule has 2 heteroatoms. The van der Waals surface area contributed by atoms with Crippen molar-refractivity contribution in [3.63, 3.8) is 0 Å². The lowest BCUT2D eigenvalue weighted by molar-refractivity contribution is 0.105. The monoisotopic (exact) mass is 198 g/mol. The first-order chi connectivity index (χ1) is 6.59. The maximum Gasteiger partial charge on any atom is 0.0113 e. The molecule has 84 valence electrons. The first kappa shape index (κ1) is 12.0. The molecule has 14 heavy (non-hydrogen) atoms. The molecule has 1 aliphatic rings. The molecule has 1 fully saturated rings. The van der Waals surface area contributed by atoms with Gasteiger partial charge in [-0.1, -0.05) is 13.8 Å². The number of hydrogen-bond donors (Lipinski definition) is 0. The van der Waals surface area contributed by atoms with Gasteiger partial charge in [-0.05, 0) is 32.7 Å². The van der Waals surface area contributed by atoms with E-state index in [-0.39, 0.29) is 0 Å². The fraction of sp³-hybridized carbons (Fsp3) is 1.00. The maximum absolute atomic E-state index is 2.61. The summed E-state index contributed by atoms with van der Waals surface area (Å²) in [6.07, 6.45) is 1.35. The summed E-state index contributed by atoms with van der Waals surface area (Å²) in [6, 6.07) is 0.724. The van der Waals surface area contributed by atoms with Crippen LogP contribution in [0.3, 0.4) is 0 Å². The summed E-state index contributed by atoms with van der Waals surface area (Å²) >= 11 is 0. The molecule has 0 saturated carbocycles. The zero-order valence-electron chi connectivity index (χ0n) is 10.3. The van der Waals surface area contributed by atoms with Gasteiger partial charge < -0.3 is 4.90 Å². The Morgan fingerprint density at radius 1 is 0.929 bits per heavy atom. The molecule has 1 aliphatic heterocycles. The van der Waals surface area contributed by atoms with E-state index in [2.05, 4.69) is 37.5 Å². The van der Waals surface area contributed by atoms with Crippen molar-refractivity contribution in [1.29, 1.82) is 0 Å². The molecule has 1 heterocycles. The quantitative estimate of drug-likeness (QED) is 0.682. The minimum absolute atomic E-state index is 0.724. The Labute approximate surface area is 89.3 Å². The van der Waals surface area contributed by atoms with Crippen molar-refractivity contribution in [1.82, 2.24) is 9.80 Å². The molecule has 2 nitrogen and oxygen atoms in total. The van der Waals surface area contributed by atoms with Gasteiger partial charge in [0, 0.05) is 32.2 Å². The van der Waals surface area contributed by atoms with E-state index < -0.39 is 0 Å². The lowest BCUT2D eigenvalue weighted by Gasteiger charge is -2.37. The van der Waals surface area contributed by atoms with Gasteiger partial charge in [-0.15, -0.1) is 0 Å². The van der Waals surface area contributed by atoms with Crippen molar-refractivity contribution >= 4 is 0 Å². The van der Waals surface area contributed by atoms with Gasteiger partial charge in [-0.3, -0.25) is 4.90 Å². The van der Waals surface area contributed by atoms with Crippen molar-refractivity contribution in [3.05, 3.63) is 0 Å². The van der Waals surface area contributed by atoms with Crippen LogP contribution in [0.15, 0.2) is 0 Å². The van der Waals surface area contributed by atoms with E-state index in [1.807, 2.05) is 0 Å². The Balaban J connectivity index is 2.16. The molecule has 0 aromatic heterocycles. The van der Waals surface area contributed by atoms with E-state index in [4.69, 9.17) is 0 Å². The molecule has 1 saturated heterocycles. The molecule has 0 aromatic rings. The third-order valence-electron chi connectivity index (χ3n) is 3.16. The minimum Gasteiger partial charge on any atom is -0.301 e. The van der Waals surface area contributed by atoms with E-state index >= 15 is 0 Å². The zero-order valence-corrected chi connectivity index (χ0v) is 10.3. The zero-order chi connectivity index (χ0) is 10.6. The third kappa shape index (κ3) is 3.97. The molecule has 1 rings (SSSR count).